The van der Waals surface area contributed by atoms with E-state index in [-0.39, 0.29) is 5.69 Å². The molecule has 0 atom stereocenters. The van der Waals surface area contributed by atoms with Crippen LogP contribution in [0.5, 0.6) is 0 Å². The number of carboxylic acids is 1. The van der Waals surface area contributed by atoms with Gasteiger partial charge in [-0.1, -0.05) is 0 Å². The number of aromatic nitrogens is 2. The Morgan fingerprint density at radius 2 is 1.83 bits per heavy atom. The summed E-state index contributed by atoms with van der Waals surface area (Å²) in [6, 6.07) is 0. The van der Waals surface area contributed by atoms with Crippen molar-refractivity contribution in [2.75, 3.05) is 0 Å². The van der Waals surface area contributed by atoms with Crippen molar-refractivity contribution in [2.24, 2.45) is 7.05 Å². The normalized spacial score (nSPS) is 21.3. The van der Waals surface area contributed by atoms with Crippen molar-refractivity contribution >= 4 is 18.6 Å². The zero-order valence-electron chi connectivity index (χ0n) is 11.2. The van der Waals surface area contributed by atoms with Crippen molar-refractivity contribution < 1.29 is 19.2 Å². The Balaban J connectivity index is 2.38. The molecule has 0 unspecified atom stereocenters. The average molecular weight is 252 g/mol. The SMILES string of the molecule is Cn1cc(B2OC(C)(C)C(C)(C)O2)c(C(=O)O)n1. The maximum atomic E-state index is 11.1. The van der Waals surface area contributed by atoms with Crippen LogP contribution in [0.15, 0.2) is 6.20 Å². The first-order valence-corrected chi connectivity index (χ1v) is 5.76. The Morgan fingerprint density at radius 3 is 2.28 bits per heavy atom. The third-order valence-corrected chi connectivity index (χ3v) is 3.57. The summed E-state index contributed by atoms with van der Waals surface area (Å²) < 4.78 is 13.1. The summed E-state index contributed by atoms with van der Waals surface area (Å²) in [6.07, 6.45) is 1.62. The van der Waals surface area contributed by atoms with Gasteiger partial charge in [0.25, 0.3) is 0 Å². The minimum atomic E-state index is -1.08. The predicted molar refractivity (Wildman–Crippen MR) is 65.9 cm³/mol. The van der Waals surface area contributed by atoms with E-state index >= 15 is 0 Å². The van der Waals surface area contributed by atoms with E-state index < -0.39 is 24.3 Å². The Hall–Kier alpha value is -1.34. The van der Waals surface area contributed by atoms with E-state index in [9.17, 15) is 4.79 Å². The number of carbonyl (C=O) groups is 1. The molecule has 0 saturated carbocycles. The van der Waals surface area contributed by atoms with E-state index in [1.165, 1.54) is 4.68 Å². The quantitative estimate of drug-likeness (QED) is 0.772. The molecule has 1 aromatic rings. The molecule has 1 fully saturated rings. The highest BCUT2D eigenvalue weighted by Gasteiger charge is 2.53. The van der Waals surface area contributed by atoms with Crippen LogP contribution in [0.1, 0.15) is 38.2 Å². The zero-order valence-corrected chi connectivity index (χ0v) is 11.2. The second-order valence-corrected chi connectivity index (χ2v) is 5.50. The molecule has 2 rings (SSSR count). The lowest BCUT2D eigenvalue weighted by Gasteiger charge is -2.32. The molecule has 6 nitrogen and oxygen atoms in total. The van der Waals surface area contributed by atoms with Gasteiger partial charge in [-0.2, -0.15) is 5.10 Å². The van der Waals surface area contributed by atoms with Gasteiger partial charge in [-0.15, -0.1) is 0 Å². The van der Waals surface area contributed by atoms with Gasteiger partial charge in [0, 0.05) is 18.7 Å². The number of aromatic carboxylic acids is 1. The third-order valence-electron chi connectivity index (χ3n) is 3.57. The van der Waals surface area contributed by atoms with Gasteiger partial charge in [-0.3, -0.25) is 4.68 Å². The number of rotatable bonds is 2. The molecule has 7 heteroatoms. The Morgan fingerprint density at radius 1 is 1.33 bits per heavy atom. The molecular weight excluding hydrogens is 235 g/mol. The lowest BCUT2D eigenvalue weighted by molar-refractivity contribution is 0.00578. The fourth-order valence-electron chi connectivity index (χ4n) is 1.82. The van der Waals surface area contributed by atoms with Crippen LogP contribution >= 0.6 is 0 Å². The van der Waals surface area contributed by atoms with E-state index in [0.29, 0.717) is 5.46 Å². The standard InChI is InChI=1S/C11H17BN2O4/c1-10(2)11(3,4)18-12(17-10)7-6-14(5)13-8(7)9(15)16/h6H,1-5H3,(H,15,16). The molecule has 98 valence electrons. The molecule has 0 aromatic carbocycles. The molecule has 1 aromatic heterocycles. The molecule has 0 amide bonds. The van der Waals surface area contributed by atoms with E-state index in [0.717, 1.165) is 0 Å². The molecule has 1 aliphatic rings. The Kier molecular flexibility index (Phi) is 2.79. The van der Waals surface area contributed by atoms with Crippen LogP contribution in [0.2, 0.25) is 0 Å². The highest BCUT2D eigenvalue weighted by atomic mass is 16.7. The van der Waals surface area contributed by atoms with Crippen LogP contribution in [-0.4, -0.2) is 39.2 Å². The molecule has 0 bridgehead atoms. The zero-order chi connectivity index (χ0) is 13.7. The Bertz CT molecular complexity index is 479. The number of hydrogen-bond donors (Lipinski definition) is 1. The van der Waals surface area contributed by atoms with Crippen molar-refractivity contribution in [3.8, 4) is 0 Å². The van der Waals surface area contributed by atoms with Crippen molar-refractivity contribution in [1.82, 2.24) is 9.78 Å². The summed E-state index contributed by atoms with van der Waals surface area (Å²) in [5.41, 5.74) is -0.577. The van der Waals surface area contributed by atoms with Gasteiger partial charge in [-0.05, 0) is 27.7 Å². The minimum Gasteiger partial charge on any atom is -0.476 e. The van der Waals surface area contributed by atoms with Crippen molar-refractivity contribution in [3.05, 3.63) is 11.9 Å². The Labute approximate surface area is 106 Å². The van der Waals surface area contributed by atoms with E-state index in [1.54, 1.807) is 13.2 Å². The van der Waals surface area contributed by atoms with Gasteiger partial charge in [0.15, 0.2) is 5.69 Å². The molecule has 2 heterocycles. The van der Waals surface area contributed by atoms with E-state index in [4.69, 9.17) is 14.4 Å². The molecule has 1 saturated heterocycles. The van der Waals surface area contributed by atoms with Gasteiger partial charge >= 0.3 is 13.1 Å². The lowest BCUT2D eigenvalue weighted by atomic mass is 9.79. The first-order chi connectivity index (χ1) is 8.14. The highest BCUT2D eigenvalue weighted by molar-refractivity contribution is 6.63. The number of carboxylic acid groups (broad SMARTS) is 1. The number of hydrogen-bond acceptors (Lipinski definition) is 4. The molecule has 0 spiro atoms. The maximum absolute atomic E-state index is 11.1. The second-order valence-electron chi connectivity index (χ2n) is 5.50. The fourth-order valence-corrected chi connectivity index (χ4v) is 1.82. The van der Waals surface area contributed by atoms with Crippen LogP contribution in [-0.2, 0) is 16.4 Å². The summed E-state index contributed by atoms with van der Waals surface area (Å²) in [6.45, 7) is 7.68. The van der Waals surface area contributed by atoms with Crippen molar-refractivity contribution in [3.63, 3.8) is 0 Å². The van der Waals surface area contributed by atoms with Crippen molar-refractivity contribution in [1.29, 1.82) is 0 Å². The summed E-state index contributed by atoms with van der Waals surface area (Å²) >= 11 is 0. The van der Waals surface area contributed by atoms with Gasteiger partial charge in [0.1, 0.15) is 0 Å². The number of aryl methyl sites for hydroxylation is 1. The molecule has 18 heavy (non-hydrogen) atoms. The minimum absolute atomic E-state index is 0.0315. The van der Waals surface area contributed by atoms with Crippen LogP contribution in [0.25, 0.3) is 0 Å². The largest absolute Gasteiger partial charge is 0.498 e. The molecule has 0 aliphatic carbocycles. The highest BCUT2D eigenvalue weighted by Crippen LogP contribution is 2.36. The number of nitrogens with zero attached hydrogens (tertiary/aromatic N) is 2. The topological polar surface area (TPSA) is 73.6 Å². The average Bonchev–Trinajstić information content (AvgIpc) is 2.66. The second kappa shape index (κ2) is 3.83. The van der Waals surface area contributed by atoms with Gasteiger partial charge in [0.05, 0.1) is 11.2 Å². The summed E-state index contributed by atoms with van der Waals surface area (Å²) in [5, 5.41) is 13.0. The van der Waals surface area contributed by atoms with Gasteiger partial charge < -0.3 is 14.4 Å². The first kappa shape index (κ1) is 13.1. The predicted octanol–water partition coefficient (Wildman–Crippen LogP) is 0.417. The van der Waals surface area contributed by atoms with Crippen LogP contribution < -0.4 is 5.46 Å². The molecule has 1 aliphatic heterocycles. The maximum Gasteiger partial charge on any atom is 0.498 e. The molecule has 1 N–H and O–H groups in total. The lowest BCUT2D eigenvalue weighted by Crippen LogP contribution is -2.41. The summed E-state index contributed by atoms with van der Waals surface area (Å²) in [4.78, 5) is 11.1. The monoisotopic (exact) mass is 252 g/mol. The molecular formula is C11H17BN2O4. The third kappa shape index (κ3) is 1.93. The van der Waals surface area contributed by atoms with Crippen LogP contribution in [0.3, 0.4) is 0 Å². The van der Waals surface area contributed by atoms with E-state index in [1.807, 2.05) is 27.7 Å². The van der Waals surface area contributed by atoms with Gasteiger partial charge in [-0.25, -0.2) is 4.79 Å². The first-order valence-electron chi connectivity index (χ1n) is 5.76. The van der Waals surface area contributed by atoms with E-state index in [2.05, 4.69) is 5.10 Å². The smallest absolute Gasteiger partial charge is 0.476 e. The van der Waals surface area contributed by atoms with Gasteiger partial charge in [0.2, 0.25) is 0 Å². The van der Waals surface area contributed by atoms with Crippen LogP contribution in [0, 0.1) is 0 Å². The molecule has 0 radical (unpaired) electrons. The van der Waals surface area contributed by atoms with Crippen molar-refractivity contribution in [2.45, 2.75) is 38.9 Å². The summed E-state index contributed by atoms with van der Waals surface area (Å²) in [7, 11) is 0.969. The van der Waals surface area contributed by atoms with Crippen LogP contribution in [0.4, 0.5) is 0 Å². The fraction of sp³-hybridized carbons (Fsp3) is 0.636. The summed E-state index contributed by atoms with van der Waals surface area (Å²) in [5.74, 6) is -1.08.